The smallest absolute Gasteiger partial charge is 0.420 e. The number of ether oxygens (including phenoxy) is 1. The number of alkyl halides is 3. The zero-order valence-corrected chi connectivity index (χ0v) is 14.2. The summed E-state index contributed by atoms with van der Waals surface area (Å²) in [7, 11) is 0. The number of amides is 2. The number of urea groups is 1. The molecule has 2 rings (SSSR count). The average Bonchev–Trinajstić information content (AvgIpc) is 2.54. The Morgan fingerprint density at radius 1 is 1.16 bits per heavy atom. The van der Waals surface area contributed by atoms with Crippen LogP contribution in [0.2, 0.25) is 0 Å². The third-order valence-corrected chi connectivity index (χ3v) is 3.86. The Bertz CT molecular complexity index is 756. The van der Waals surface area contributed by atoms with Gasteiger partial charge in [-0.3, -0.25) is 11.3 Å². The quantitative estimate of drug-likeness (QED) is 0.441. The number of hydrogen-bond donors (Lipinski definition) is 4. The molecule has 134 valence electrons. The van der Waals surface area contributed by atoms with Crippen molar-refractivity contribution in [1.82, 2.24) is 11.0 Å². The maximum Gasteiger partial charge on any atom is 0.420 e. The highest BCUT2D eigenvalue weighted by atomic mass is 79.9. The number of rotatable bonds is 5. The summed E-state index contributed by atoms with van der Waals surface area (Å²) in [5.74, 6) is 4.45. The van der Waals surface area contributed by atoms with Crippen LogP contribution in [0, 0.1) is 0 Å². The SMILES string of the molecule is NNNC(=O)Nc1cccc(C(F)(F)F)c1OCc1ccccc1Br. The molecule has 0 aliphatic heterocycles. The number of anilines is 1. The molecule has 0 unspecified atom stereocenters. The van der Waals surface area contributed by atoms with E-state index >= 15 is 0 Å². The molecule has 0 aromatic heterocycles. The summed E-state index contributed by atoms with van der Waals surface area (Å²) in [5, 5.41) is 2.25. The number of nitrogens with one attached hydrogen (secondary N) is 3. The van der Waals surface area contributed by atoms with Gasteiger partial charge in [-0.05, 0) is 18.2 Å². The van der Waals surface area contributed by atoms with Crippen molar-refractivity contribution in [2.75, 3.05) is 5.32 Å². The zero-order valence-electron chi connectivity index (χ0n) is 12.7. The minimum atomic E-state index is -4.65. The number of para-hydroxylation sites is 1. The molecule has 0 fully saturated rings. The molecule has 6 nitrogen and oxygen atoms in total. The van der Waals surface area contributed by atoms with Gasteiger partial charge in [-0.1, -0.05) is 40.2 Å². The third kappa shape index (κ3) is 5.08. The van der Waals surface area contributed by atoms with Crippen LogP contribution < -0.4 is 26.9 Å². The highest BCUT2D eigenvalue weighted by Crippen LogP contribution is 2.41. The number of carbonyl (C=O) groups excluding carboxylic acids is 1. The Morgan fingerprint density at radius 3 is 2.52 bits per heavy atom. The van der Waals surface area contributed by atoms with Crippen LogP contribution in [0.3, 0.4) is 0 Å². The van der Waals surface area contributed by atoms with Gasteiger partial charge in [0.05, 0.1) is 11.3 Å². The van der Waals surface area contributed by atoms with Crippen molar-refractivity contribution < 1.29 is 22.7 Å². The molecule has 0 radical (unpaired) electrons. The number of halogens is 4. The second-order valence-electron chi connectivity index (χ2n) is 4.78. The molecule has 0 saturated carbocycles. The van der Waals surface area contributed by atoms with Crippen LogP contribution in [-0.2, 0) is 12.8 Å². The Kier molecular flexibility index (Phi) is 6.23. The van der Waals surface area contributed by atoms with Crippen molar-refractivity contribution in [3.63, 3.8) is 0 Å². The van der Waals surface area contributed by atoms with E-state index in [0.717, 1.165) is 6.07 Å². The van der Waals surface area contributed by atoms with E-state index in [1.165, 1.54) is 12.1 Å². The first-order valence-electron chi connectivity index (χ1n) is 6.92. The molecule has 0 aliphatic rings. The summed E-state index contributed by atoms with van der Waals surface area (Å²) in [6, 6.07) is 9.45. The monoisotopic (exact) mass is 418 g/mol. The lowest BCUT2D eigenvalue weighted by atomic mass is 10.1. The fourth-order valence-electron chi connectivity index (χ4n) is 2.00. The highest BCUT2D eigenvalue weighted by Gasteiger charge is 2.35. The first kappa shape index (κ1) is 19.0. The van der Waals surface area contributed by atoms with E-state index in [1.807, 2.05) is 11.0 Å². The van der Waals surface area contributed by atoms with Crippen molar-refractivity contribution in [3.05, 3.63) is 58.1 Å². The van der Waals surface area contributed by atoms with E-state index in [0.29, 0.717) is 10.0 Å². The number of carbonyl (C=O) groups is 1. The average molecular weight is 419 g/mol. The number of benzene rings is 2. The predicted octanol–water partition coefficient (Wildman–Crippen LogP) is 3.55. The molecule has 0 bridgehead atoms. The van der Waals surface area contributed by atoms with Gasteiger partial charge < -0.3 is 10.1 Å². The highest BCUT2D eigenvalue weighted by molar-refractivity contribution is 9.10. The molecule has 2 aromatic rings. The summed E-state index contributed by atoms with van der Waals surface area (Å²) < 4.78 is 45.9. The Labute approximate surface area is 149 Å². The van der Waals surface area contributed by atoms with E-state index in [-0.39, 0.29) is 12.3 Å². The lowest BCUT2D eigenvalue weighted by Gasteiger charge is -2.18. The van der Waals surface area contributed by atoms with Crippen LogP contribution in [-0.4, -0.2) is 6.03 Å². The molecule has 2 aromatic carbocycles. The van der Waals surface area contributed by atoms with E-state index < -0.39 is 23.5 Å². The standard InChI is InChI=1S/C15H14BrF3N4O2/c16-11-6-2-1-4-9(11)8-25-13-10(15(17,18)19)5-3-7-12(13)21-14(24)22-23-20/h1-7,23H,8,20H2,(H2,21,22,24). The molecule has 0 aliphatic carbocycles. The fraction of sp³-hybridized carbons (Fsp3) is 0.133. The van der Waals surface area contributed by atoms with Gasteiger partial charge in [0.25, 0.3) is 0 Å². The van der Waals surface area contributed by atoms with Crippen molar-refractivity contribution in [2.24, 2.45) is 5.84 Å². The van der Waals surface area contributed by atoms with Crippen molar-refractivity contribution >= 4 is 27.6 Å². The minimum absolute atomic E-state index is 0.125. The van der Waals surface area contributed by atoms with Gasteiger partial charge in [-0.2, -0.15) is 18.7 Å². The molecule has 25 heavy (non-hydrogen) atoms. The Balaban J connectivity index is 2.34. The minimum Gasteiger partial charge on any atom is -0.486 e. The zero-order chi connectivity index (χ0) is 18.4. The fourth-order valence-corrected chi connectivity index (χ4v) is 2.40. The molecule has 2 amide bonds. The van der Waals surface area contributed by atoms with Crippen LogP contribution in [0.1, 0.15) is 11.1 Å². The maximum atomic E-state index is 13.3. The molecule has 0 heterocycles. The second-order valence-corrected chi connectivity index (χ2v) is 5.64. The third-order valence-electron chi connectivity index (χ3n) is 3.08. The normalized spacial score (nSPS) is 11.1. The Hall–Kier alpha value is -2.30. The molecule has 0 atom stereocenters. The van der Waals surface area contributed by atoms with Gasteiger partial charge in [-0.15, -0.1) is 0 Å². The van der Waals surface area contributed by atoms with E-state index in [4.69, 9.17) is 10.6 Å². The van der Waals surface area contributed by atoms with Crippen molar-refractivity contribution in [3.8, 4) is 5.75 Å². The molecular formula is C15H14BrF3N4O2. The molecule has 0 saturated heterocycles. The van der Waals surface area contributed by atoms with Crippen LogP contribution in [0.25, 0.3) is 0 Å². The summed E-state index contributed by atoms with van der Waals surface area (Å²) in [4.78, 5) is 11.5. The number of hydrogen-bond acceptors (Lipinski definition) is 4. The number of nitrogens with two attached hydrogens (primary N) is 1. The predicted molar refractivity (Wildman–Crippen MR) is 89.4 cm³/mol. The van der Waals surface area contributed by atoms with Crippen LogP contribution in [0.5, 0.6) is 5.75 Å². The van der Waals surface area contributed by atoms with Crippen LogP contribution in [0.15, 0.2) is 46.9 Å². The van der Waals surface area contributed by atoms with E-state index in [9.17, 15) is 18.0 Å². The molecule has 5 N–H and O–H groups in total. The summed E-state index contributed by atoms with van der Waals surface area (Å²) in [6.07, 6.45) is -4.65. The largest absolute Gasteiger partial charge is 0.486 e. The van der Waals surface area contributed by atoms with E-state index in [2.05, 4.69) is 21.2 Å². The van der Waals surface area contributed by atoms with Gasteiger partial charge in [0.2, 0.25) is 0 Å². The van der Waals surface area contributed by atoms with Gasteiger partial charge >= 0.3 is 12.2 Å². The number of hydrazine groups is 2. The van der Waals surface area contributed by atoms with Gasteiger partial charge in [0, 0.05) is 10.0 Å². The first-order valence-corrected chi connectivity index (χ1v) is 7.71. The van der Waals surface area contributed by atoms with Crippen LogP contribution >= 0.6 is 15.9 Å². The molecule has 10 heteroatoms. The van der Waals surface area contributed by atoms with Gasteiger partial charge in [-0.25, -0.2) is 4.79 Å². The molecule has 0 spiro atoms. The Morgan fingerprint density at radius 2 is 1.88 bits per heavy atom. The van der Waals surface area contributed by atoms with Gasteiger partial charge in [0.1, 0.15) is 6.61 Å². The molecular weight excluding hydrogens is 405 g/mol. The topological polar surface area (TPSA) is 88.4 Å². The van der Waals surface area contributed by atoms with Crippen molar-refractivity contribution in [2.45, 2.75) is 12.8 Å². The summed E-state index contributed by atoms with van der Waals surface area (Å²) >= 11 is 3.30. The van der Waals surface area contributed by atoms with Crippen molar-refractivity contribution in [1.29, 1.82) is 0 Å². The second kappa shape index (κ2) is 8.19. The summed E-state index contributed by atoms with van der Waals surface area (Å²) in [5.41, 5.74) is 3.39. The lowest BCUT2D eigenvalue weighted by Crippen LogP contribution is -2.44. The maximum absolute atomic E-state index is 13.3. The lowest BCUT2D eigenvalue weighted by molar-refractivity contribution is -0.139. The van der Waals surface area contributed by atoms with E-state index in [1.54, 1.807) is 24.3 Å². The first-order chi connectivity index (χ1) is 11.8. The van der Waals surface area contributed by atoms with Crippen LogP contribution in [0.4, 0.5) is 23.7 Å². The van der Waals surface area contributed by atoms with Gasteiger partial charge in [0.15, 0.2) is 5.75 Å². The summed E-state index contributed by atoms with van der Waals surface area (Å²) in [6.45, 7) is -0.125.